The number of aryl methyl sites for hydroxylation is 1. The van der Waals surface area contributed by atoms with Crippen LogP contribution in [-0.2, 0) is 6.42 Å². The predicted molar refractivity (Wildman–Crippen MR) is 122 cm³/mol. The fourth-order valence-corrected chi connectivity index (χ4v) is 4.38. The number of rotatable bonds is 4. The summed E-state index contributed by atoms with van der Waals surface area (Å²) in [4.78, 5) is 28.6. The first-order valence-electron chi connectivity index (χ1n) is 10.2. The zero-order valence-corrected chi connectivity index (χ0v) is 17.7. The third kappa shape index (κ3) is 3.43. The Bertz CT molecular complexity index is 1340. The van der Waals surface area contributed by atoms with Crippen LogP contribution in [0.5, 0.6) is 0 Å². The molecule has 0 radical (unpaired) electrons. The van der Waals surface area contributed by atoms with Crippen molar-refractivity contribution in [2.75, 3.05) is 6.54 Å². The smallest absolute Gasteiger partial charge is 0.290 e. The highest BCUT2D eigenvalue weighted by molar-refractivity contribution is 6.31. The molecular weight excluding hydrogens is 410 g/mol. The van der Waals surface area contributed by atoms with E-state index in [0.29, 0.717) is 34.5 Å². The molecule has 3 aromatic carbocycles. The third-order valence-electron chi connectivity index (χ3n) is 5.81. The highest BCUT2D eigenvalue weighted by Gasteiger charge is 2.42. The van der Waals surface area contributed by atoms with E-state index in [1.807, 2.05) is 61.5 Å². The molecule has 0 fully saturated rings. The fourth-order valence-electron chi connectivity index (χ4n) is 4.21. The summed E-state index contributed by atoms with van der Waals surface area (Å²) in [7, 11) is 0. The van der Waals surface area contributed by atoms with Gasteiger partial charge in [-0.15, -0.1) is 0 Å². The average molecular weight is 430 g/mol. The maximum Gasteiger partial charge on any atom is 0.290 e. The van der Waals surface area contributed by atoms with Crippen molar-refractivity contribution in [2.24, 2.45) is 0 Å². The van der Waals surface area contributed by atoms with Crippen molar-refractivity contribution in [3.63, 3.8) is 0 Å². The van der Waals surface area contributed by atoms with Gasteiger partial charge in [0.1, 0.15) is 5.58 Å². The summed E-state index contributed by atoms with van der Waals surface area (Å²) in [6.45, 7) is 2.48. The van der Waals surface area contributed by atoms with Crippen molar-refractivity contribution in [3.05, 3.63) is 116 Å². The number of halogens is 1. The predicted octanol–water partition coefficient (Wildman–Crippen LogP) is 5.54. The maximum absolute atomic E-state index is 13.5. The lowest BCUT2D eigenvalue weighted by Gasteiger charge is -2.25. The van der Waals surface area contributed by atoms with Gasteiger partial charge in [0.05, 0.1) is 17.0 Å². The Balaban J connectivity index is 1.66. The van der Waals surface area contributed by atoms with Gasteiger partial charge in [0.2, 0.25) is 5.76 Å². The SMILES string of the molecule is Cc1ccc(C2c3c(oc4ccc(Cl)cc4c3=O)C(=O)N2CCc2ccccc2)cc1. The number of amides is 1. The Morgan fingerprint density at radius 2 is 1.71 bits per heavy atom. The Labute approximate surface area is 184 Å². The van der Waals surface area contributed by atoms with Crippen LogP contribution in [0.3, 0.4) is 0 Å². The van der Waals surface area contributed by atoms with Crippen molar-refractivity contribution in [2.45, 2.75) is 19.4 Å². The van der Waals surface area contributed by atoms with Crippen LogP contribution in [0.25, 0.3) is 11.0 Å². The number of carbonyl (C=O) groups is 1. The van der Waals surface area contributed by atoms with E-state index in [1.165, 1.54) is 0 Å². The van der Waals surface area contributed by atoms with Gasteiger partial charge in [-0.25, -0.2) is 0 Å². The summed E-state index contributed by atoms with van der Waals surface area (Å²) in [5.41, 5.74) is 3.68. The summed E-state index contributed by atoms with van der Waals surface area (Å²) in [6, 6.07) is 22.3. The number of fused-ring (bicyclic) bond motifs is 2. The summed E-state index contributed by atoms with van der Waals surface area (Å²) in [5, 5.41) is 0.845. The molecule has 0 aliphatic carbocycles. The molecule has 4 nitrogen and oxygen atoms in total. The minimum absolute atomic E-state index is 0.124. The molecule has 2 heterocycles. The molecule has 1 aromatic heterocycles. The molecule has 31 heavy (non-hydrogen) atoms. The first kappa shape index (κ1) is 19.6. The van der Waals surface area contributed by atoms with Crippen molar-refractivity contribution < 1.29 is 9.21 Å². The van der Waals surface area contributed by atoms with Crippen LogP contribution in [0, 0.1) is 6.92 Å². The topological polar surface area (TPSA) is 50.5 Å². The van der Waals surface area contributed by atoms with Crippen LogP contribution in [0.15, 0.2) is 82.0 Å². The Hall–Kier alpha value is -3.37. The average Bonchev–Trinajstić information content (AvgIpc) is 3.06. The number of nitrogens with zero attached hydrogens (tertiary/aromatic N) is 1. The Morgan fingerprint density at radius 1 is 0.968 bits per heavy atom. The minimum atomic E-state index is -0.494. The van der Waals surface area contributed by atoms with Crippen LogP contribution in [0.4, 0.5) is 0 Å². The van der Waals surface area contributed by atoms with Crippen LogP contribution in [0.1, 0.15) is 38.9 Å². The number of hydrogen-bond acceptors (Lipinski definition) is 3. The van der Waals surface area contributed by atoms with Crippen LogP contribution in [0.2, 0.25) is 5.02 Å². The van der Waals surface area contributed by atoms with E-state index in [9.17, 15) is 9.59 Å². The first-order valence-corrected chi connectivity index (χ1v) is 10.6. The minimum Gasteiger partial charge on any atom is -0.450 e. The zero-order chi connectivity index (χ0) is 21.5. The van der Waals surface area contributed by atoms with Gasteiger partial charge in [0.25, 0.3) is 5.91 Å². The van der Waals surface area contributed by atoms with Crippen molar-refractivity contribution in [3.8, 4) is 0 Å². The second-order valence-corrected chi connectivity index (χ2v) is 8.30. The van der Waals surface area contributed by atoms with E-state index < -0.39 is 6.04 Å². The monoisotopic (exact) mass is 429 g/mol. The van der Waals surface area contributed by atoms with Crippen LogP contribution < -0.4 is 5.43 Å². The largest absolute Gasteiger partial charge is 0.450 e. The summed E-state index contributed by atoms with van der Waals surface area (Å²) in [6.07, 6.45) is 0.683. The molecule has 0 saturated carbocycles. The van der Waals surface area contributed by atoms with Crippen LogP contribution >= 0.6 is 11.6 Å². The Kier molecular flexibility index (Phi) is 4.87. The van der Waals surface area contributed by atoms with E-state index in [-0.39, 0.29) is 17.1 Å². The van der Waals surface area contributed by atoms with Gasteiger partial charge >= 0.3 is 0 Å². The number of hydrogen-bond donors (Lipinski definition) is 0. The summed E-state index contributed by atoms with van der Waals surface area (Å²) < 4.78 is 5.96. The standard InChI is InChI=1S/C26H20ClNO3/c1-16-7-9-18(10-8-16)23-22-24(29)20-15-19(27)11-12-21(20)31-25(22)26(30)28(23)14-13-17-5-3-2-4-6-17/h2-12,15,23H,13-14H2,1H3. The third-order valence-corrected chi connectivity index (χ3v) is 6.04. The number of benzene rings is 3. The van der Waals surface area contributed by atoms with Crippen LogP contribution in [-0.4, -0.2) is 17.4 Å². The second kappa shape index (κ2) is 7.71. The first-order chi connectivity index (χ1) is 15.0. The normalized spacial score (nSPS) is 15.5. The summed E-state index contributed by atoms with van der Waals surface area (Å²) in [5.74, 6) is -0.135. The fraction of sp³-hybridized carbons (Fsp3) is 0.154. The molecule has 5 rings (SSSR count). The molecule has 5 heteroatoms. The molecule has 154 valence electrons. The summed E-state index contributed by atoms with van der Waals surface area (Å²) >= 11 is 6.13. The van der Waals surface area contributed by atoms with Gasteiger partial charge in [-0.05, 0) is 42.7 Å². The molecule has 0 N–H and O–H groups in total. The van der Waals surface area contributed by atoms with Gasteiger partial charge in [-0.2, -0.15) is 0 Å². The van der Waals surface area contributed by atoms with E-state index in [2.05, 4.69) is 0 Å². The molecule has 0 bridgehead atoms. The Morgan fingerprint density at radius 3 is 2.45 bits per heavy atom. The maximum atomic E-state index is 13.5. The van der Waals surface area contributed by atoms with Gasteiger partial charge in [-0.1, -0.05) is 71.8 Å². The zero-order valence-electron chi connectivity index (χ0n) is 17.0. The lowest BCUT2D eigenvalue weighted by molar-refractivity contribution is 0.0730. The van der Waals surface area contributed by atoms with E-state index in [0.717, 1.165) is 16.7 Å². The van der Waals surface area contributed by atoms with Crippen molar-refractivity contribution in [1.82, 2.24) is 4.90 Å². The molecule has 0 spiro atoms. The quantitative estimate of drug-likeness (QED) is 0.427. The number of carbonyl (C=O) groups excluding carboxylic acids is 1. The molecule has 1 amide bonds. The molecule has 1 unspecified atom stereocenters. The molecule has 1 aliphatic heterocycles. The lowest BCUT2D eigenvalue weighted by atomic mass is 9.97. The van der Waals surface area contributed by atoms with Crippen molar-refractivity contribution in [1.29, 1.82) is 0 Å². The van der Waals surface area contributed by atoms with E-state index in [4.69, 9.17) is 16.0 Å². The molecule has 1 aliphatic rings. The molecule has 4 aromatic rings. The highest BCUT2D eigenvalue weighted by atomic mass is 35.5. The second-order valence-electron chi connectivity index (χ2n) is 7.86. The van der Waals surface area contributed by atoms with E-state index in [1.54, 1.807) is 23.1 Å². The van der Waals surface area contributed by atoms with Gasteiger partial charge in [-0.3, -0.25) is 9.59 Å². The lowest BCUT2D eigenvalue weighted by Crippen LogP contribution is -2.31. The van der Waals surface area contributed by atoms with E-state index >= 15 is 0 Å². The van der Waals surface area contributed by atoms with Gasteiger partial charge in [0.15, 0.2) is 5.43 Å². The molecule has 1 atom stereocenters. The molecular formula is C26H20ClNO3. The highest BCUT2D eigenvalue weighted by Crippen LogP contribution is 2.38. The van der Waals surface area contributed by atoms with Gasteiger partial charge in [0, 0.05) is 11.6 Å². The molecule has 0 saturated heterocycles. The van der Waals surface area contributed by atoms with Gasteiger partial charge < -0.3 is 9.32 Å². The van der Waals surface area contributed by atoms with Crippen molar-refractivity contribution >= 4 is 28.5 Å².